The van der Waals surface area contributed by atoms with Gasteiger partial charge in [-0.05, 0) is 73.6 Å². The Balaban J connectivity index is 1.28. The Labute approximate surface area is 175 Å². The van der Waals surface area contributed by atoms with E-state index in [-0.39, 0.29) is 5.91 Å². The quantitative estimate of drug-likeness (QED) is 0.529. The fraction of sp³-hybridized carbons (Fsp3) is 0.292. The molecule has 0 radical (unpaired) electrons. The van der Waals surface area contributed by atoms with E-state index in [4.69, 9.17) is 0 Å². The van der Waals surface area contributed by atoms with E-state index in [0.29, 0.717) is 11.6 Å². The van der Waals surface area contributed by atoms with Gasteiger partial charge < -0.3 is 9.88 Å². The van der Waals surface area contributed by atoms with E-state index in [0.717, 1.165) is 42.8 Å². The minimum atomic E-state index is 0.0247. The molecule has 152 valence electrons. The Kier molecular flexibility index (Phi) is 4.62. The van der Waals surface area contributed by atoms with Gasteiger partial charge in [0.15, 0.2) is 0 Å². The maximum Gasteiger partial charge on any atom is 0.271 e. The van der Waals surface area contributed by atoms with Gasteiger partial charge in [0, 0.05) is 36.4 Å². The first-order valence-electron chi connectivity index (χ1n) is 10.4. The van der Waals surface area contributed by atoms with Crippen LogP contribution in [0.2, 0.25) is 0 Å². The smallest absolute Gasteiger partial charge is 0.271 e. The molecule has 1 aromatic carbocycles. The molecule has 4 heterocycles. The third kappa shape index (κ3) is 3.28. The second kappa shape index (κ2) is 7.44. The molecule has 1 aliphatic heterocycles. The Bertz CT molecular complexity index is 1210. The number of H-pyrrole nitrogens is 2. The molecule has 1 saturated heterocycles. The van der Waals surface area contributed by atoms with Crippen molar-refractivity contribution >= 4 is 16.9 Å². The van der Waals surface area contributed by atoms with Crippen molar-refractivity contribution < 1.29 is 4.79 Å². The van der Waals surface area contributed by atoms with Crippen LogP contribution in [0.4, 0.5) is 0 Å². The first-order chi connectivity index (χ1) is 14.6. The predicted molar refractivity (Wildman–Crippen MR) is 117 cm³/mol. The van der Waals surface area contributed by atoms with E-state index in [9.17, 15) is 4.79 Å². The normalized spacial score (nSPS) is 15.1. The minimum Gasteiger partial charge on any atom is -0.346 e. The highest BCUT2D eigenvalue weighted by Gasteiger charge is 2.27. The Hall–Kier alpha value is -3.41. The number of hydrogen-bond donors (Lipinski definition) is 2. The molecular formula is C24H25N5O. The van der Waals surface area contributed by atoms with E-state index < -0.39 is 0 Å². The largest absolute Gasteiger partial charge is 0.346 e. The van der Waals surface area contributed by atoms with E-state index in [2.05, 4.69) is 58.4 Å². The van der Waals surface area contributed by atoms with Crippen molar-refractivity contribution in [1.82, 2.24) is 25.1 Å². The highest BCUT2D eigenvalue weighted by atomic mass is 16.2. The van der Waals surface area contributed by atoms with Crippen LogP contribution in [0.25, 0.3) is 22.3 Å². The van der Waals surface area contributed by atoms with Gasteiger partial charge in [0.25, 0.3) is 5.91 Å². The number of nitrogens with one attached hydrogen (secondary N) is 2. The van der Waals surface area contributed by atoms with Crippen molar-refractivity contribution in [2.75, 3.05) is 13.1 Å². The van der Waals surface area contributed by atoms with Gasteiger partial charge in [-0.15, -0.1) is 0 Å². The molecule has 0 atom stereocenters. The molecule has 2 N–H and O–H groups in total. The number of amides is 1. The first kappa shape index (κ1) is 18.6. The standard InChI is InChI=1S/C24H25N5O/c1-15-5-6-18(12-16(15)2)21-13-22(28-27-21)24(30)29-10-7-17(8-11-29)20-14-26-23-19(20)4-3-9-25-23/h3-6,9,12-14,17H,7-8,10-11H2,1-2H3,(H,25,26)(H,27,28). The monoisotopic (exact) mass is 399 g/mol. The average molecular weight is 399 g/mol. The molecule has 0 spiro atoms. The zero-order chi connectivity index (χ0) is 20.7. The number of aromatic amines is 2. The van der Waals surface area contributed by atoms with Crippen LogP contribution < -0.4 is 0 Å². The lowest BCUT2D eigenvalue weighted by atomic mass is 9.89. The van der Waals surface area contributed by atoms with Gasteiger partial charge in [0.2, 0.25) is 0 Å². The molecule has 5 rings (SSSR count). The molecular weight excluding hydrogens is 374 g/mol. The van der Waals surface area contributed by atoms with E-state index in [1.165, 1.54) is 22.1 Å². The molecule has 0 bridgehead atoms. The topological polar surface area (TPSA) is 77.7 Å². The summed E-state index contributed by atoms with van der Waals surface area (Å²) in [5.74, 6) is 0.469. The zero-order valence-corrected chi connectivity index (χ0v) is 17.3. The number of piperidine rings is 1. The number of rotatable bonds is 3. The average Bonchev–Trinajstić information content (AvgIpc) is 3.43. The van der Waals surface area contributed by atoms with Crippen LogP contribution >= 0.6 is 0 Å². The fourth-order valence-corrected chi connectivity index (χ4v) is 4.36. The summed E-state index contributed by atoms with van der Waals surface area (Å²) < 4.78 is 0. The van der Waals surface area contributed by atoms with Gasteiger partial charge in [0.1, 0.15) is 11.3 Å². The summed E-state index contributed by atoms with van der Waals surface area (Å²) in [6.45, 7) is 5.67. The second-order valence-corrected chi connectivity index (χ2v) is 8.18. The molecule has 0 unspecified atom stereocenters. The first-order valence-corrected chi connectivity index (χ1v) is 10.4. The molecule has 6 heteroatoms. The molecule has 30 heavy (non-hydrogen) atoms. The van der Waals surface area contributed by atoms with Crippen molar-refractivity contribution in [3.05, 3.63) is 71.2 Å². The number of aryl methyl sites for hydroxylation is 2. The summed E-state index contributed by atoms with van der Waals surface area (Å²) in [4.78, 5) is 22.6. The third-order valence-corrected chi connectivity index (χ3v) is 6.32. The van der Waals surface area contributed by atoms with Crippen LogP contribution in [-0.2, 0) is 0 Å². The minimum absolute atomic E-state index is 0.0247. The SMILES string of the molecule is Cc1ccc(-c2cc(C(=O)N3CCC(c4c[nH]c5ncccc45)CC3)[nH]n2)cc1C. The summed E-state index contributed by atoms with van der Waals surface area (Å²) in [6, 6.07) is 12.2. The van der Waals surface area contributed by atoms with E-state index in [1.807, 2.05) is 23.1 Å². The Morgan fingerprint density at radius 2 is 1.93 bits per heavy atom. The summed E-state index contributed by atoms with van der Waals surface area (Å²) in [5, 5.41) is 8.51. The van der Waals surface area contributed by atoms with Crippen molar-refractivity contribution in [3.8, 4) is 11.3 Å². The lowest BCUT2D eigenvalue weighted by Gasteiger charge is -2.31. The summed E-state index contributed by atoms with van der Waals surface area (Å²) in [6.07, 6.45) is 5.78. The lowest BCUT2D eigenvalue weighted by molar-refractivity contribution is 0.0707. The summed E-state index contributed by atoms with van der Waals surface area (Å²) in [5.41, 5.74) is 7.10. The fourth-order valence-electron chi connectivity index (χ4n) is 4.36. The van der Waals surface area contributed by atoms with Crippen LogP contribution in [-0.4, -0.2) is 44.1 Å². The van der Waals surface area contributed by atoms with Crippen LogP contribution in [0, 0.1) is 13.8 Å². The number of pyridine rings is 1. The van der Waals surface area contributed by atoms with Crippen LogP contribution in [0.3, 0.4) is 0 Å². The molecule has 1 aliphatic rings. The maximum atomic E-state index is 13.0. The third-order valence-electron chi connectivity index (χ3n) is 6.32. The van der Waals surface area contributed by atoms with Crippen LogP contribution in [0.5, 0.6) is 0 Å². The predicted octanol–water partition coefficient (Wildman–Crippen LogP) is 4.59. The number of carbonyl (C=O) groups excluding carboxylic acids is 1. The highest BCUT2D eigenvalue weighted by molar-refractivity contribution is 5.93. The van der Waals surface area contributed by atoms with Crippen LogP contribution in [0.1, 0.15) is 45.9 Å². The zero-order valence-electron chi connectivity index (χ0n) is 17.3. The van der Waals surface area contributed by atoms with Crippen molar-refractivity contribution in [1.29, 1.82) is 0 Å². The van der Waals surface area contributed by atoms with Gasteiger partial charge in [-0.25, -0.2) is 4.98 Å². The van der Waals surface area contributed by atoms with Gasteiger partial charge >= 0.3 is 0 Å². The lowest BCUT2D eigenvalue weighted by Crippen LogP contribution is -2.38. The number of benzene rings is 1. The molecule has 0 saturated carbocycles. The molecule has 1 amide bonds. The maximum absolute atomic E-state index is 13.0. The molecule has 3 aromatic heterocycles. The Morgan fingerprint density at radius 3 is 2.73 bits per heavy atom. The van der Waals surface area contributed by atoms with Gasteiger partial charge in [-0.3, -0.25) is 9.89 Å². The van der Waals surface area contributed by atoms with E-state index in [1.54, 1.807) is 6.20 Å². The molecule has 4 aromatic rings. The van der Waals surface area contributed by atoms with Crippen molar-refractivity contribution in [2.45, 2.75) is 32.6 Å². The Morgan fingerprint density at radius 1 is 1.10 bits per heavy atom. The summed E-state index contributed by atoms with van der Waals surface area (Å²) >= 11 is 0. The number of hydrogen-bond acceptors (Lipinski definition) is 3. The van der Waals surface area contributed by atoms with Crippen molar-refractivity contribution in [2.24, 2.45) is 0 Å². The second-order valence-electron chi connectivity index (χ2n) is 8.18. The van der Waals surface area contributed by atoms with E-state index >= 15 is 0 Å². The van der Waals surface area contributed by atoms with Gasteiger partial charge in [-0.1, -0.05) is 12.1 Å². The van der Waals surface area contributed by atoms with Crippen LogP contribution in [0.15, 0.2) is 48.8 Å². The van der Waals surface area contributed by atoms with Crippen molar-refractivity contribution in [3.63, 3.8) is 0 Å². The molecule has 1 fully saturated rings. The number of aromatic nitrogens is 4. The highest BCUT2D eigenvalue weighted by Crippen LogP contribution is 2.33. The molecule has 6 nitrogen and oxygen atoms in total. The number of carbonyl (C=O) groups is 1. The summed E-state index contributed by atoms with van der Waals surface area (Å²) in [7, 11) is 0. The van der Waals surface area contributed by atoms with Gasteiger partial charge in [0.05, 0.1) is 5.69 Å². The van der Waals surface area contributed by atoms with Gasteiger partial charge in [-0.2, -0.15) is 5.10 Å². The number of fused-ring (bicyclic) bond motifs is 1. The number of likely N-dealkylation sites (tertiary alicyclic amines) is 1. The molecule has 0 aliphatic carbocycles. The number of nitrogens with zero attached hydrogens (tertiary/aromatic N) is 3.